The Kier molecular flexibility index (Phi) is 5.85. The number of rotatable bonds is 6. The van der Waals surface area contributed by atoms with Gasteiger partial charge in [-0.25, -0.2) is 9.78 Å². The number of Topliss-reactive ketones (excluding diaryl/α,β-unsaturated/α-hetero) is 1. The third-order valence-electron chi connectivity index (χ3n) is 4.74. The van der Waals surface area contributed by atoms with Crippen molar-refractivity contribution in [2.45, 2.75) is 27.4 Å². The van der Waals surface area contributed by atoms with Crippen LogP contribution >= 0.6 is 0 Å². The highest BCUT2D eigenvalue weighted by Crippen LogP contribution is 2.24. The minimum absolute atomic E-state index is 0.182. The second kappa shape index (κ2) is 8.31. The number of aryl methyl sites for hydroxylation is 3. The van der Waals surface area contributed by atoms with Crippen molar-refractivity contribution in [3.63, 3.8) is 0 Å². The molecule has 0 saturated carbocycles. The standard InChI is InChI=1S/C23H23NO4/c1-14-9-10-15(2)18(11-14)21(25)13-28-23(26)22-16(3)17-7-5-6-8-19(17)24-20(22)12-27-4/h5-11H,12-13H2,1-4H3. The van der Waals surface area contributed by atoms with Crippen molar-refractivity contribution in [3.8, 4) is 0 Å². The molecule has 3 aromatic rings. The van der Waals surface area contributed by atoms with Crippen LogP contribution in [-0.2, 0) is 16.1 Å². The number of hydrogen-bond donors (Lipinski definition) is 0. The molecule has 5 heteroatoms. The number of ketones is 1. The third kappa shape index (κ3) is 3.94. The number of esters is 1. The van der Waals surface area contributed by atoms with Gasteiger partial charge in [-0.05, 0) is 44.0 Å². The smallest absolute Gasteiger partial charge is 0.340 e. The normalized spacial score (nSPS) is 10.9. The van der Waals surface area contributed by atoms with Crippen molar-refractivity contribution in [2.24, 2.45) is 0 Å². The van der Waals surface area contributed by atoms with E-state index in [0.29, 0.717) is 16.8 Å². The van der Waals surface area contributed by atoms with E-state index in [2.05, 4.69) is 4.98 Å². The fourth-order valence-electron chi connectivity index (χ4n) is 3.27. The first-order chi connectivity index (χ1) is 13.4. The maximum Gasteiger partial charge on any atom is 0.340 e. The first-order valence-corrected chi connectivity index (χ1v) is 9.07. The van der Waals surface area contributed by atoms with Crippen molar-refractivity contribution in [2.75, 3.05) is 13.7 Å². The number of carbonyl (C=O) groups is 2. The predicted octanol–water partition coefficient (Wildman–Crippen LogP) is 4.35. The summed E-state index contributed by atoms with van der Waals surface area (Å²) < 4.78 is 10.6. The Bertz CT molecular complexity index is 1060. The molecule has 28 heavy (non-hydrogen) atoms. The molecule has 0 spiro atoms. The first kappa shape index (κ1) is 19.7. The zero-order valence-corrected chi connectivity index (χ0v) is 16.5. The van der Waals surface area contributed by atoms with Gasteiger partial charge in [0.05, 0.1) is 23.4 Å². The highest BCUT2D eigenvalue weighted by molar-refractivity contribution is 6.02. The van der Waals surface area contributed by atoms with Gasteiger partial charge in [0, 0.05) is 18.1 Å². The number of nitrogens with zero attached hydrogens (tertiary/aromatic N) is 1. The van der Waals surface area contributed by atoms with Gasteiger partial charge >= 0.3 is 5.97 Å². The molecular formula is C23H23NO4. The quantitative estimate of drug-likeness (QED) is 0.472. The molecule has 0 radical (unpaired) electrons. The Balaban J connectivity index is 1.88. The summed E-state index contributed by atoms with van der Waals surface area (Å²) in [6, 6.07) is 13.2. The number of hydrogen-bond acceptors (Lipinski definition) is 5. The topological polar surface area (TPSA) is 65.5 Å². The van der Waals surface area contributed by atoms with Gasteiger partial charge in [0.15, 0.2) is 6.61 Å². The largest absolute Gasteiger partial charge is 0.454 e. The number of pyridine rings is 1. The van der Waals surface area contributed by atoms with E-state index >= 15 is 0 Å². The lowest BCUT2D eigenvalue weighted by Gasteiger charge is -2.14. The maximum absolute atomic E-state index is 12.8. The minimum atomic E-state index is -0.568. The van der Waals surface area contributed by atoms with Gasteiger partial charge in [-0.2, -0.15) is 0 Å². The second-order valence-corrected chi connectivity index (χ2v) is 6.83. The van der Waals surface area contributed by atoms with Crippen molar-refractivity contribution >= 4 is 22.7 Å². The van der Waals surface area contributed by atoms with Crippen LogP contribution in [0.3, 0.4) is 0 Å². The third-order valence-corrected chi connectivity index (χ3v) is 4.74. The monoisotopic (exact) mass is 377 g/mol. The molecule has 0 atom stereocenters. The summed E-state index contributed by atoms with van der Waals surface area (Å²) in [4.78, 5) is 29.9. The van der Waals surface area contributed by atoms with Crippen LogP contribution in [0.4, 0.5) is 0 Å². The molecule has 1 heterocycles. The van der Waals surface area contributed by atoms with Crippen molar-refractivity contribution in [3.05, 3.63) is 76.0 Å². The second-order valence-electron chi connectivity index (χ2n) is 6.83. The molecule has 3 rings (SSSR count). The van der Waals surface area contributed by atoms with Crippen LogP contribution in [0.5, 0.6) is 0 Å². The number of carbonyl (C=O) groups excluding carboxylic acids is 2. The van der Waals surface area contributed by atoms with Crippen molar-refractivity contribution < 1.29 is 19.1 Å². The maximum atomic E-state index is 12.8. The summed E-state index contributed by atoms with van der Waals surface area (Å²) in [5.74, 6) is -0.796. The van der Waals surface area contributed by atoms with E-state index in [4.69, 9.17) is 9.47 Å². The Labute approximate surface area is 164 Å². The van der Waals surface area contributed by atoms with Crippen LogP contribution in [0.1, 0.15) is 43.1 Å². The molecule has 5 nitrogen and oxygen atoms in total. The van der Waals surface area contributed by atoms with Crippen LogP contribution in [-0.4, -0.2) is 30.5 Å². The number of benzene rings is 2. The minimum Gasteiger partial charge on any atom is -0.454 e. The van der Waals surface area contributed by atoms with Crippen LogP contribution in [0.25, 0.3) is 10.9 Å². The van der Waals surface area contributed by atoms with Gasteiger partial charge in [0.25, 0.3) is 0 Å². The van der Waals surface area contributed by atoms with Crippen LogP contribution < -0.4 is 0 Å². The molecule has 1 aromatic heterocycles. The molecule has 2 aromatic carbocycles. The Morgan fingerprint density at radius 3 is 2.54 bits per heavy atom. The fraction of sp³-hybridized carbons (Fsp3) is 0.261. The van der Waals surface area contributed by atoms with Gasteiger partial charge in [-0.1, -0.05) is 35.9 Å². The zero-order valence-electron chi connectivity index (χ0n) is 16.5. The summed E-state index contributed by atoms with van der Waals surface area (Å²) in [5.41, 5.74) is 4.82. The molecule has 0 aliphatic carbocycles. The molecule has 0 aliphatic rings. The highest BCUT2D eigenvalue weighted by Gasteiger charge is 2.21. The van der Waals surface area contributed by atoms with Gasteiger partial charge in [0.1, 0.15) is 0 Å². The van der Waals surface area contributed by atoms with Crippen LogP contribution in [0.15, 0.2) is 42.5 Å². The van der Waals surface area contributed by atoms with Gasteiger partial charge in [-0.3, -0.25) is 4.79 Å². The zero-order chi connectivity index (χ0) is 20.3. The SMILES string of the molecule is COCc1nc2ccccc2c(C)c1C(=O)OCC(=O)c1cc(C)ccc1C. The number of methoxy groups -OCH3 is 1. The summed E-state index contributed by atoms with van der Waals surface area (Å²) in [7, 11) is 1.55. The number of para-hydroxylation sites is 1. The predicted molar refractivity (Wildman–Crippen MR) is 108 cm³/mol. The molecule has 0 N–H and O–H groups in total. The summed E-state index contributed by atoms with van der Waals surface area (Å²) >= 11 is 0. The fourth-order valence-corrected chi connectivity index (χ4v) is 3.27. The lowest BCUT2D eigenvalue weighted by molar-refractivity contribution is 0.0469. The molecule has 0 aliphatic heterocycles. The Morgan fingerprint density at radius 2 is 1.79 bits per heavy atom. The Morgan fingerprint density at radius 1 is 1.04 bits per heavy atom. The van der Waals surface area contributed by atoms with Crippen molar-refractivity contribution in [1.29, 1.82) is 0 Å². The van der Waals surface area contributed by atoms with E-state index in [1.54, 1.807) is 7.11 Å². The van der Waals surface area contributed by atoms with E-state index in [-0.39, 0.29) is 19.0 Å². The average molecular weight is 377 g/mol. The molecule has 0 fully saturated rings. The first-order valence-electron chi connectivity index (χ1n) is 9.07. The van der Waals surface area contributed by atoms with Gasteiger partial charge in [0.2, 0.25) is 5.78 Å². The molecule has 0 saturated heterocycles. The summed E-state index contributed by atoms with van der Waals surface area (Å²) in [6.45, 7) is 5.50. The van der Waals surface area contributed by atoms with Gasteiger partial charge < -0.3 is 9.47 Å². The van der Waals surface area contributed by atoms with E-state index in [9.17, 15) is 9.59 Å². The van der Waals surface area contributed by atoms with Gasteiger partial charge in [-0.15, -0.1) is 0 Å². The Hall–Kier alpha value is -3.05. The molecule has 0 unspecified atom stereocenters. The lowest BCUT2D eigenvalue weighted by atomic mass is 10.0. The molecule has 0 bridgehead atoms. The van der Waals surface area contributed by atoms with E-state index < -0.39 is 5.97 Å². The average Bonchev–Trinajstić information content (AvgIpc) is 2.68. The number of fused-ring (bicyclic) bond motifs is 1. The number of aromatic nitrogens is 1. The van der Waals surface area contributed by atoms with Crippen molar-refractivity contribution in [1.82, 2.24) is 4.98 Å². The van der Waals surface area contributed by atoms with E-state index in [1.807, 2.05) is 63.2 Å². The summed E-state index contributed by atoms with van der Waals surface area (Å²) in [6.07, 6.45) is 0. The van der Waals surface area contributed by atoms with Crippen LogP contribution in [0.2, 0.25) is 0 Å². The van der Waals surface area contributed by atoms with E-state index in [1.165, 1.54) is 0 Å². The lowest BCUT2D eigenvalue weighted by Crippen LogP contribution is -2.18. The molecule has 144 valence electrons. The molecular weight excluding hydrogens is 354 g/mol. The molecule has 0 amide bonds. The van der Waals surface area contributed by atoms with E-state index in [0.717, 1.165) is 27.6 Å². The summed E-state index contributed by atoms with van der Waals surface area (Å²) in [5, 5.41) is 0.871. The number of ether oxygens (including phenoxy) is 2. The highest BCUT2D eigenvalue weighted by atomic mass is 16.5. The van der Waals surface area contributed by atoms with Crippen LogP contribution in [0, 0.1) is 20.8 Å².